The Kier molecular flexibility index (Phi) is 5.11. The molecule has 0 aromatic heterocycles. The normalized spacial score (nSPS) is 12.8. The van der Waals surface area contributed by atoms with Gasteiger partial charge in [0.05, 0.1) is 0 Å². The van der Waals surface area contributed by atoms with Gasteiger partial charge in [-0.1, -0.05) is 23.9 Å². The maximum absolute atomic E-state index is 5.27. The number of nitrogens with two attached hydrogens (primary N) is 2. The predicted molar refractivity (Wildman–Crippen MR) is 43.1 cm³/mol. The third kappa shape index (κ3) is 5.23. The Labute approximate surface area is 59.2 Å². The highest BCUT2D eigenvalue weighted by atomic mass is 32.2. The summed E-state index contributed by atoms with van der Waals surface area (Å²) in [5.74, 6) is 5.71. The van der Waals surface area contributed by atoms with Crippen molar-refractivity contribution in [3.05, 3.63) is 12.2 Å². The summed E-state index contributed by atoms with van der Waals surface area (Å²) in [6.07, 6.45) is 3.94. The van der Waals surface area contributed by atoms with Crippen LogP contribution in [0.15, 0.2) is 17.3 Å². The van der Waals surface area contributed by atoms with Crippen molar-refractivity contribution in [1.29, 1.82) is 0 Å². The lowest BCUT2D eigenvalue weighted by molar-refractivity contribution is 1.25. The molecule has 0 amide bonds. The average molecular weight is 145 g/mol. The van der Waals surface area contributed by atoms with Crippen LogP contribution in [0.25, 0.3) is 0 Å². The second kappa shape index (κ2) is 5.50. The third-order valence-electron chi connectivity index (χ3n) is 0.690. The molecule has 4 heteroatoms. The monoisotopic (exact) mass is 145 g/mol. The molecule has 0 rings (SSSR count). The number of nitrogens with zero attached hydrogens (tertiary/aromatic N) is 1. The van der Waals surface area contributed by atoms with Crippen LogP contribution in [0.1, 0.15) is 6.92 Å². The summed E-state index contributed by atoms with van der Waals surface area (Å²) in [6.45, 7) is 1.95. The number of hydrazone groups is 1. The van der Waals surface area contributed by atoms with Crippen molar-refractivity contribution in [2.45, 2.75) is 6.92 Å². The van der Waals surface area contributed by atoms with Crippen LogP contribution in [0.3, 0.4) is 0 Å². The minimum Gasteiger partial charge on any atom is -0.377 e. The van der Waals surface area contributed by atoms with Crippen LogP contribution in [-0.4, -0.2) is 10.9 Å². The lowest BCUT2D eigenvalue weighted by Gasteiger charge is -1.91. The molecule has 0 spiro atoms. The van der Waals surface area contributed by atoms with Gasteiger partial charge in [-0.25, -0.2) is 0 Å². The first-order valence-electron chi connectivity index (χ1n) is 2.58. The Morgan fingerprint density at radius 2 is 2.44 bits per heavy atom. The topological polar surface area (TPSA) is 64.4 Å². The molecule has 0 bridgehead atoms. The molecular weight excluding hydrogens is 134 g/mol. The van der Waals surface area contributed by atoms with Gasteiger partial charge in [0.25, 0.3) is 0 Å². The van der Waals surface area contributed by atoms with E-state index in [1.54, 1.807) is 0 Å². The highest BCUT2D eigenvalue weighted by Gasteiger charge is 1.86. The van der Waals surface area contributed by atoms with Gasteiger partial charge in [-0.15, -0.1) is 0 Å². The molecule has 0 aromatic carbocycles. The molecule has 0 aromatic rings. The molecule has 4 N–H and O–H groups in total. The molecule has 0 saturated heterocycles. The first-order valence-corrected chi connectivity index (χ1v) is 3.57. The quantitative estimate of drug-likeness (QED) is 0.195. The van der Waals surface area contributed by atoms with E-state index in [-0.39, 0.29) is 0 Å². The molecule has 3 nitrogen and oxygen atoms in total. The highest BCUT2D eigenvalue weighted by Crippen LogP contribution is 1.97. The Morgan fingerprint density at radius 1 is 1.78 bits per heavy atom. The standard InChI is InChI=1S/C5H11N3S/c1-2-3-4-9-5(6)8-7/h2-3H,4,7H2,1H3,(H2,6,8). The lowest BCUT2D eigenvalue weighted by Crippen LogP contribution is -2.09. The summed E-state index contributed by atoms with van der Waals surface area (Å²) in [5.41, 5.74) is 5.27. The molecule has 52 valence electrons. The zero-order valence-electron chi connectivity index (χ0n) is 5.37. The number of allylic oxidation sites excluding steroid dienone is 1. The number of rotatable bonds is 2. The summed E-state index contributed by atoms with van der Waals surface area (Å²) in [6, 6.07) is 0. The average Bonchev–Trinajstić information content (AvgIpc) is 1.89. The third-order valence-corrected chi connectivity index (χ3v) is 1.45. The number of hydrogen-bond donors (Lipinski definition) is 2. The van der Waals surface area contributed by atoms with E-state index < -0.39 is 0 Å². The molecule has 0 radical (unpaired) electrons. The van der Waals surface area contributed by atoms with Gasteiger partial charge >= 0.3 is 0 Å². The van der Waals surface area contributed by atoms with Crippen molar-refractivity contribution in [1.82, 2.24) is 0 Å². The summed E-state index contributed by atoms with van der Waals surface area (Å²) in [5, 5.41) is 3.71. The number of thioether (sulfide) groups is 1. The first-order chi connectivity index (χ1) is 4.31. The van der Waals surface area contributed by atoms with Crippen LogP contribution >= 0.6 is 11.8 Å². The van der Waals surface area contributed by atoms with E-state index in [1.807, 2.05) is 19.1 Å². The molecule has 0 saturated carbocycles. The molecule has 0 aliphatic rings. The lowest BCUT2D eigenvalue weighted by atomic mass is 10.6. The maximum atomic E-state index is 5.27. The molecule has 0 aliphatic heterocycles. The van der Waals surface area contributed by atoms with Crippen LogP contribution in [0.2, 0.25) is 0 Å². The van der Waals surface area contributed by atoms with Crippen molar-refractivity contribution in [2.75, 3.05) is 5.75 Å². The van der Waals surface area contributed by atoms with Gasteiger partial charge in [-0.3, -0.25) is 0 Å². The van der Waals surface area contributed by atoms with Gasteiger partial charge < -0.3 is 11.6 Å². The van der Waals surface area contributed by atoms with Gasteiger partial charge in [0.2, 0.25) is 0 Å². The summed E-state index contributed by atoms with van der Waals surface area (Å²) in [4.78, 5) is 0. The Hall–Kier alpha value is -0.640. The molecule has 0 aliphatic carbocycles. The molecule has 0 fully saturated rings. The fourth-order valence-corrected chi connectivity index (χ4v) is 0.801. The number of amidine groups is 1. The fraction of sp³-hybridized carbons (Fsp3) is 0.400. The second-order valence-electron chi connectivity index (χ2n) is 1.35. The van der Waals surface area contributed by atoms with Gasteiger partial charge in [0.15, 0.2) is 5.17 Å². The zero-order chi connectivity index (χ0) is 7.11. The van der Waals surface area contributed by atoms with E-state index in [9.17, 15) is 0 Å². The molecular formula is C5H11N3S. The van der Waals surface area contributed by atoms with E-state index in [4.69, 9.17) is 11.6 Å². The molecule has 0 unspecified atom stereocenters. The van der Waals surface area contributed by atoms with E-state index in [1.165, 1.54) is 11.8 Å². The van der Waals surface area contributed by atoms with Gasteiger partial charge in [0, 0.05) is 5.75 Å². The maximum Gasteiger partial charge on any atom is 0.177 e. The minimum atomic E-state index is 0.424. The Morgan fingerprint density at radius 3 is 2.89 bits per heavy atom. The Balaban J connectivity index is 3.28. The fourth-order valence-electron chi connectivity index (χ4n) is 0.267. The van der Waals surface area contributed by atoms with E-state index >= 15 is 0 Å². The number of hydrogen-bond acceptors (Lipinski definition) is 3. The largest absolute Gasteiger partial charge is 0.377 e. The smallest absolute Gasteiger partial charge is 0.177 e. The van der Waals surface area contributed by atoms with Crippen molar-refractivity contribution in [3.63, 3.8) is 0 Å². The van der Waals surface area contributed by atoms with Gasteiger partial charge in [0.1, 0.15) is 0 Å². The van der Waals surface area contributed by atoms with Crippen LogP contribution in [-0.2, 0) is 0 Å². The van der Waals surface area contributed by atoms with Crippen molar-refractivity contribution in [2.24, 2.45) is 16.7 Å². The highest BCUT2D eigenvalue weighted by molar-refractivity contribution is 8.13. The minimum absolute atomic E-state index is 0.424. The second-order valence-corrected chi connectivity index (χ2v) is 2.39. The van der Waals surface area contributed by atoms with Crippen LogP contribution in [0, 0.1) is 0 Å². The zero-order valence-corrected chi connectivity index (χ0v) is 6.19. The van der Waals surface area contributed by atoms with E-state index in [0.29, 0.717) is 5.17 Å². The van der Waals surface area contributed by atoms with Gasteiger partial charge in [-0.05, 0) is 6.92 Å². The Bertz CT molecular complexity index is 119. The van der Waals surface area contributed by atoms with Crippen molar-refractivity contribution < 1.29 is 0 Å². The van der Waals surface area contributed by atoms with Crippen LogP contribution in [0.5, 0.6) is 0 Å². The van der Waals surface area contributed by atoms with E-state index in [2.05, 4.69) is 5.10 Å². The van der Waals surface area contributed by atoms with Crippen LogP contribution in [0.4, 0.5) is 0 Å². The van der Waals surface area contributed by atoms with Gasteiger partial charge in [-0.2, -0.15) is 5.10 Å². The van der Waals surface area contributed by atoms with Crippen molar-refractivity contribution in [3.8, 4) is 0 Å². The van der Waals surface area contributed by atoms with E-state index in [0.717, 1.165) is 5.75 Å². The summed E-state index contributed by atoms with van der Waals surface area (Å²) >= 11 is 1.42. The molecule has 0 atom stereocenters. The SMILES string of the molecule is CC=CCSC(N)=NN. The predicted octanol–water partition coefficient (Wildman–Crippen LogP) is 0.484. The summed E-state index contributed by atoms with van der Waals surface area (Å²) < 4.78 is 0. The summed E-state index contributed by atoms with van der Waals surface area (Å²) in [7, 11) is 0. The molecule has 0 heterocycles. The van der Waals surface area contributed by atoms with Crippen LogP contribution < -0.4 is 11.6 Å². The van der Waals surface area contributed by atoms with Crippen molar-refractivity contribution >= 4 is 16.9 Å². The molecule has 9 heavy (non-hydrogen) atoms. The first kappa shape index (κ1) is 8.36.